The Morgan fingerprint density at radius 3 is 2.20 bits per heavy atom. The molecule has 0 atom stereocenters. The van der Waals surface area contributed by atoms with Crippen LogP contribution >= 0.6 is 0 Å². The van der Waals surface area contributed by atoms with Crippen LogP contribution in [0.5, 0.6) is 0 Å². The molecule has 2 aliphatic rings. The third-order valence-electron chi connectivity index (χ3n) is 4.30. The van der Waals surface area contributed by atoms with Gasteiger partial charge < -0.3 is 10.6 Å². The highest BCUT2D eigenvalue weighted by Crippen LogP contribution is 2.30. The molecule has 0 unspecified atom stereocenters. The molecule has 1 saturated carbocycles. The summed E-state index contributed by atoms with van der Waals surface area (Å²) in [4.78, 5) is 2.75. The van der Waals surface area contributed by atoms with E-state index in [-0.39, 0.29) is 0 Å². The standard InChI is InChI=1S/C13H26N2/c14-9-8-12-4-6-13(7-5-12)15-10-2-1-3-11-15/h12-13H,1-11,14H2. The summed E-state index contributed by atoms with van der Waals surface area (Å²) >= 11 is 0. The first kappa shape index (κ1) is 11.4. The van der Waals surface area contributed by atoms with E-state index in [1.807, 2.05) is 0 Å². The van der Waals surface area contributed by atoms with Crippen molar-refractivity contribution in [3.8, 4) is 0 Å². The van der Waals surface area contributed by atoms with Gasteiger partial charge in [-0.1, -0.05) is 6.42 Å². The van der Waals surface area contributed by atoms with E-state index in [0.717, 1.165) is 18.5 Å². The summed E-state index contributed by atoms with van der Waals surface area (Å²) < 4.78 is 0. The molecule has 0 aromatic heterocycles. The number of piperidine rings is 1. The molecule has 1 heterocycles. The quantitative estimate of drug-likeness (QED) is 0.775. The Kier molecular flexibility index (Phi) is 4.45. The van der Waals surface area contributed by atoms with Gasteiger partial charge in [0.1, 0.15) is 0 Å². The number of likely N-dealkylation sites (tertiary alicyclic amines) is 1. The van der Waals surface area contributed by atoms with E-state index < -0.39 is 0 Å². The fourth-order valence-electron chi connectivity index (χ4n) is 3.32. The summed E-state index contributed by atoms with van der Waals surface area (Å²) in [5.74, 6) is 0.941. The minimum Gasteiger partial charge on any atom is -0.330 e. The third kappa shape index (κ3) is 3.18. The van der Waals surface area contributed by atoms with Gasteiger partial charge in [0.2, 0.25) is 0 Å². The van der Waals surface area contributed by atoms with Crippen LogP contribution < -0.4 is 5.73 Å². The van der Waals surface area contributed by atoms with Crippen molar-refractivity contribution in [2.45, 2.75) is 57.4 Å². The van der Waals surface area contributed by atoms with E-state index in [1.54, 1.807) is 0 Å². The van der Waals surface area contributed by atoms with Crippen LogP contribution in [0, 0.1) is 5.92 Å². The average molecular weight is 210 g/mol. The van der Waals surface area contributed by atoms with Crippen LogP contribution in [0.1, 0.15) is 51.4 Å². The summed E-state index contributed by atoms with van der Waals surface area (Å²) in [6, 6.07) is 0.916. The van der Waals surface area contributed by atoms with Gasteiger partial charge >= 0.3 is 0 Å². The molecule has 2 rings (SSSR count). The lowest BCUT2D eigenvalue weighted by molar-refractivity contribution is 0.113. The highest BCUT2D eigenvalue weighted by molar-refractivity contribution is 4.81. The molecular formula is C13H26N2. The predicted molar refractivity (Wildman–Crippen MR) is 64.8 cm³/mol. The van der Waals surface area contributed by atoms with Crippen molar-refractivity contribution in [3.05, 3.63) is 0 Å². The second-order valence-corrected chi connectivity index (χ2v) is 5.35. The topological polar surface area (TPSA) is 29.3 Å². The molecule has 2 fully saturated rings. The number of nitrogens with two attached hydrogens (primary N) is 1. The maximum Gasteiger partial charge on any atom is 0.00954 e. The van der Waals surface area contributed by atoms with Gasteiger partial charge in [0, 0.05) is 6.04 Å². The predicted octanol–water partition coefficient (Wildman–Crippen LogP) is 2.38. The molecule has 88 valence electrons. The van der Waals surface area contributed by atoms with Gasteiger partial charge in [-0.3, -0.25) is 0 Å². The van der Waals surface area contributed by atoms with E-state index in [9.17, 15) is 0 Å². The molecule has 0 spiro atoms. The molecule has 0 aromatic rings. The van der Waals surface area contributed by atoms with Crippen LogP contribution in [-0.2, 0) is 0 Å². The van der Waals surface area contributed by atoms with Crippen molar-refractivity contribution in [1.29, 1.82) is 0 Å². The van der Waals surface area contributed by atoms with Crippen molar-refractivity contribution >= 4 is 0 Å². The second-order valence-electron chi connectivity index (χ2n) is 5.35. The fraction of sp³-hybridized carbons (Fsp3) is 1.00. The maximum atomic E-state index is 5.63. The van der Waals surface area contributed by atoms with Crippen LogP contribution in [0.2, 0.25) is 0 Å². The van der Waals surface area contributed by atoms with Gasteiger partial charge in [0.05, 0.1) is 0 Å². The van der Waals surface area contributed by atoms with Gasteiger partial charge in [-0.25, -0.2) is 0 Å². The molecule has 15 heavy (non-hydrogen) atoms. The first-order chi connectivity index (χ1) is 7.40. The Balaban J connectivity index is 1.72. The molecule has 1 aliphatic heterocycles. The van der Waals surface area contributed by atoms with Gasteiger partial charge in [-0.05, 0) is 70.5 Å². The molecule has 1 aliphatic carbocycles. The lowest BCUT2D eigenvalue weighted by atomic mass is 9.83. The van der Waals surface area contributed by atoms with Crippen LogP contribution in [0.15, 0.2) is 0 Å². The highest BCUT2D eigenvalue weighted by Gasteiger charge is 2.25. The summed E-state index contributed by atoms with van der Waals surface area (Å²) in [5.41, 5.74) is 5.63. The lowest BCUT2D eigenvalue weighted by Crippen LogP contribution is -2.41. The van der Waals surface area contributed by atoms with E-state index in [1.165, 1.54) is 64.5 Å². The number of rotatable bonds is 3. The van der Waals surface area contributed by atoms with Gasteiger partial charge in [-0.15, -0.1) is 0 Å². The van der Waals surface area contributed by atoms with Crippen LogP contribution in [-0.4, -0.2) is 30.6 Å². The average Bonchev–Trinajstić information content (AvgIpc) is 2.32. The second kappa shape index (κ2) is 5.86. The van der Waals surface area contributed by atoms with Crippen LogP contribution in [0.25, 0.3) is 0 Å². The minimum absolute atomic E-state index is 0.888. The van der Waals surface area contributed by atoms with Crippen LogP contribution in [0.3, 0.4) is 0 Å². The molecule has 0 radical (unpaired) electrons. The summed E-state index contributed by atoms with van der Waals surface area (Å²) in [6.45, 7) is 3.62. The molecule has 2 nitrogen and oxygen atoms in total. The zero-order chi connectivity index (χ0) is 10.5. The van der Waals surface area contributed by atoms with Crippen molar-refractivity contribution < 1.29 is 0 Å². The van der Waals surface area contributed by atoms with Crippen LogP contribution in [0.4, 0.5) is 0 Å². The molecule has 0 amide bonds. The Hall–Kier alpha value is -0.0800. The van der Waals surface area contributed by atoms with Gasteiger partial charge in [0.15, 0.2) is 0 Å². The Morgan fingerprint density at radius 2 is 1.60 bits per heavy atom. The van der Waals surface area contributed by atoms with E-state index in [2.05, 4.69) is 4.90 Å². The number of hydrogen-bond donors (Lipinski definition) is 1. The first-order valence-corrected chi connectivity index (χ1v) is 6.84. The van der Waals surface area contributed by atoms with E-state index in [0.29, 0.717) is 0 Å². The zero-order valence-electron chi connectivity index (χ0n) is 9.96. The lowest BCUT2D eigenvalue weighted by Gasteiger charge is -2.38. The maximum absolute atomic E-state index is 5.63. The summed E-state index contributed by atoms with van der Waals surface area (Å²) in [6.07, 6.45) is 11.3. The third-order valence-corrected chi connectivity index (χ3v) is 4.30. The summed E-state index contributed by atoms with van der Waals surface area (Å²) in [5, 5.41) is 0. The fourth-order valence-corrected chi connectivity index (χ4v) is 3.32. The van der Waals surface area contributed by atoms with Crippen molar-refractivity contribution in [2.75, 3.05) is 19.6 Å². The molecule has 2 heteroatoms. The monoisotopic (exact) mass is 210 g/mol. The van der Waals surface area contributed by atoms with E-state index in [4.69, 9.17) is 5.73 Å². The smallest absolute Gasteiger partial charge is 0.00954 e. The molecule has 1 saturated heterocycles. The van der Waals surface area contributed by atoms with Crippen molar-refractivity contribution in [1.82, 2.24) is 4.90 Å². The Labute approximate surface area is 94.2 Å². The molecular weight excluding hydrogens is 184 g/mol. The zero-order valence-corrected chi connectivity index (χ0v) is 9.96. The molecule has 0 aromatic carbocycles. The highest BCUT2D eigenvalue weighted by atomic mass is 15.2. The first-order valence-electron chi connectivity index (χ1n) is 6.84. The van der Waals surface area contributed by atoms with Crippen molar-refractivity contribution in [3.63, 3.8) is 0 Å². The Bertz CT molecular complexity index is 167. The summed E-state index contributed by atoms with van der Waals surface area (Å²) in [7, 11) is 0. The molecule has 2 N–H and O–H groups in total. The normalized spacial score (nSPS) is 34.2. The number of hydrogen-bond acceptors (Lipinski definition) is 2. The van der Waals surface area contributed by atoms with Gasteiger partial charge in [0.25, 0.3) is 0 Å². The molecule has 0 bridgehead atoms. The van der Waals surface area contributed by atoms with Crippen molar-refractivity contribution in [2.24, 2.45) is 11.7 Å². The SMILES string of the molecule is NCCC1CCC(N2CCCCC2)CC1. The Morgan fingerprint density at radius 1 is 0.933 bits per heavy atom. The number of nitrogens with zero attached hydrogens (tertiary/aromatic N) is 1. The van der Waals surface area contributed by atoms with Gasteiger partial charge in [-0.2, -0.15) is 0 Å². The van der Waals surface area contributed by atoms with E-state index >= 15 is 0 Å². The largest absolute Gasteiger partial charge is 0.330 e. The minimum atomic E-state index is 0.888.